The molecule has 0 saturated carbocycles. The molecule has 0 aliphatic carbocycles. The van der Waals surface area contributed by atoms with Gasteiger partial charge in [0.1, 0.15) is 0 Å². The van der Waals surface area contributed by atoms with Gasteiger partial charge in [-0.3, -0.25) is 0 Å². The van der Waals surface area contributed by atoms with E-state index in [1.807, 2.05) is 18.2 Å². The summed E-state index contributed by atoms with van der Waals surface area (Å²) in [5.41, 5.74) is 17.3. The third-order valence-electron chi connectivity index (χ3n) is 9.06. The van der Waals surface area contributed by atoms with Crippen LogP contribution in [0.5, 0.6) is 0 Å². The third kappa shape index (κ3) is 3.27. The van der Waals surface area contributed by atoms with E-state index in [1.54, 1.807) is 0 Å². The number of nitrogen functional groups attached to an aromatic ring is 2. The van der Waals surface area contributed by atoms with Crippen LogP contribution in [0.15, 0.2) is 133 Å². The molecule has 9 aromatic rings. The van der Waals surface area contributed by atoms with Crippen LogP contribution >= 0.6 is 0 Å². The lowest BCUT2D eigenvalue weighted by Crippen LogP contribution is -1.96. The molecule has 0 aromatic heterocycles. The van der Waals surface area contributed by atoms with E-state index in [0.717, 1.165) is 38.5 Å². The van der Waals surface area contributed by atoms with Crippen LogP contribution in [0.4, 0.5) is 11.4 Å². The summed E-state index contributed by atoms with van der Waals surface area (Å²) in [6.07, 6.45) is 0. The maximum absolute atomic E-state index is 6.80. The summed E-state index contributed by atoms with van der Waals surface area (Å²) in [6.45, 7) is 0. The first kappa shape index (κ1) is 23.1. The average molecular weight is 535 g/mol. The lowest BCUT2D eigenvalue weighted by atomic mass is 9.88. The van der Waals surface area contributed by atoms with Gasteiger partial charge in [-0.2, -0.15) is 0 Å². The summed E-state index contributed by atoms with van der Waals surface area (Å²) >= 11 is 0. The Kier molecular flexibility index (Phi) is 4.66. The summed E-state index contributed by atoms with van der Waals surface area (Å²) < 4.78 is 0. The first-order valence-corrected chi connectivity index (χ1v) is 14.3. The second-order valence-electron chi connectivity index (χ2n) is 11.4. The second kappa shape index (κ2) is 8.45. The van der Waals surface area contributed by atoms with Crippen LogP contribution in [-0.2, 0) is 0 Å². The molecular weight excluding hydrogens is 508 g/mol. The molecule has 0 saturated heterocycles. The molecule has 0 unspecified atom stereocenters. The summed E-state index contributed by atoms with van der Waals surface area (Å²) in [4.78, 5) is 0. The largest absolute Gasteiger partial charge is 0.398 e. The third-order valence-corrected chi connectivity index (χ3v) is 9.06. The highest BCUT2D eigenvalue weighted by atomic mass is 14.6. The van der Waals surface area contributed by atoms with E-state index in [9.17, 15) is 0 Å². The molecule has 0 spiro atoms. The zero-order chi connectivity index (χ0) is 27.9. The topological polar surface area (TPSA) is 52.0 Å². The number of fused-ring (bicyclic) bond motifs is 8. The van der Waals surface area contributed by atoms with E-state index in [4.69, 9.17) is 11.5 Å². The molecule has 0 aliphatic rings. The van der Waals surface area contributed by atoms with Crippen molar-refractivity contribution in [3.63, 3.8) is 0 Å². The maximum atomic E-state index is 6.80. The van der Waals surface area contributed by atoms with Gasteiger partial charge in [0, 0.05) is 32.9 Å². The molecule has 0 aliphatic heterocycles. The van der Waals surface area contributed by atoms with Gasteiger partial charge in [0.2, 0.25) is 0 Å². The fraction of sp³-hybridized carbons (Fsp3) is 0. The molecule has 0 fully saturated rings. The van der Waals surface area contributed by atoms with Crippen molar-refractivity contribution in [1.82, 2.24) is 0 Å². The fourth-order valence-corrected chi connectivity index (χ4v) is 6.93. The standard InChI is InChI=1S/C40H26N2/c41-39-31-11-5-6-12-32(31)40(42)38-20-27(13-14-33(38)39)34-22-30-17-28-15-23-7-1-2-8-24(23)16-29(28)21-35(30)37-19-26-10-4-3-9-25(26)18-36(34)37/h1-22H,41-42H2. The molecule has 9 aromatic carbocycles. The van der Waals surface area contributed by atoms with Crippen LogP contribution in [0.25, 0.3) is 86.5 Å². The highest BCUT2D eigenvalue weighted by molar-refractivity contribution is 6.22. The van der Waals surface area contributed by atoms with Gasteiger partial charge in [0.25, 0.3) is 0 Å². The van der Waals surface area contributed by atoms with Crippen LogP contribution in [0.3, 0.4) is 0 Å². The average Bonchev–Trinajstić information content (AvgIpc) is 3.04. The maximum Gasteiger partial charge on any atom is 0.0475 e. The second-order valence-corrected chi connectivity index (χ2v) is 11.4. The lowest BCUT2D eigenvalue weighted by molar-refractivity contribution is 1.70. The first-order chi connectivity index (χ1) is 20.6. The Balaban J connectivity index is 1.40. The van der Waals surface area contributed by atoms with E-state index >= 15 is 0 Å². The first-order valence-electron chi connectivity index (χ1n) is 14.3. The highest BCUT2D eigenvalue weighted by Crippen LogP contribution is 2.42. The van der Waals surface area contributed by atoms with Gasteiger partial charge in [-0.05, 0) is 114 Å². The predicted octanol–water partition coefficient (Wildman–Crippen LogP) is 10.6. The molecule has 42 heavy (non-hydrogen) atoms. The smallest absolute Gasteiger partial charge is 0.0475 e. The predicted molar refractivity (Wildman–Crippen MR) is 183 cm³/mol. The van der Waals surface area contributed by atoms with Gasteiger partial charge < -0.3 is 11.5 Å². The number of nitrogens with two attached hydrogens (primary N) is 2. The Morgan fingerprint density at radius 1 is 0.286 bits per heavy atom. The minimum Gasteiger partial charge on any atom is -0.398 e. The Hall–Kier alpha value is -5.60. The number of hydrogen-bond acceptors (Lipinski definition) is 2. The van der Waals surface area contributed by atoms with Crippen LogP contribution in [0, 0.1) is 0 Å². The summed E-state index contributed by atoms with van der Waals surface area (Å²) in [5.74, 6) is 0. The summed E-state index contributed by atoms with van der Waals surface area (Å²) in [7, 11) is 0. The van der Waals surface area contributed by atoms with Gasteiger partial charge in [-0.25, -0.2) is 0 Å². The van der Waals surface area contributed by atoms with Crippen molar-refractivity contribution in [3.05, 3.63) is 133 Å². The molecule has 196 valence electrons. The van der Waals surface area contributed by atoms with Crippen LogP contribution in [0.2, 0.25) is 0 Å². The van der Waals surface area contributed by atoms with Gasteiger partial charge in [-0.1, -0.05) is 84.9 Å². The molecule has 9 rings (SSSR count). The molecule has 2 nitrogen and oxygen atoms in total. The van der Waals surface area contributed by atoms with Crippen molar-refractivity contribution >= 4 is 86.8 Å². The Morgan fingerprint density at radius 2 is 0.762 bits per heavy atom. The van der Waals surface area contributed by atoms with E-state index in [-0.39, 0.29) is 0 Å². The Bertz CT molecular complexity index is 2590. The molecule has 0 radical (unpaired) electrons. The number of benzene rings is 9. The van der Waals surface area contributed by atoms with Crippen molar-refractivity contribution in [2.75, 3.05) is 11.5 Å². The van der Waals surface area contributed by atoms with Crippen molar-refractivity contribution < 1.29 is 0 Å². The summed E-state index contributed by atoms with van der Waals surface area (Å²) in [5, 5.41) is 16.4. The Labute approximate surface area is 242 Å². The molecule has 0 atom stereocenters. The molecule has 4 N–H and O–H groups in total. The van der Waals surface area contributed by atoms with Crippen molar-refractivity contribution in [2.24, 2.45) is 0 Å². The zero-order valence-electron chi connectivity index (χ0n) is 22.9. The Morgan fingerprint density at radius 3 is 1.43 bits per heavy atom. The molecule has 0 bridgehead atoms. The monoisotopic (exact) mass is 534 g/mol. The van der Waals surface area contributed by atoms with Crippen molar-refractivity contribution in [2.45, 2.75) is 0 Å². The summed E-state index contributed by atoms with van der Waals surface area (Å²) in [6, 6.07) is 48.2. The molecule has 0 heterocycles. The van der Waals surface area contributed by atoms with Crippen LogP contribution < -0.4 is 11.5 Å². The molecule has 0 amide bonds. The van der Waals surface area contributed by atoms with Crippen LogP contribution in [0.1, 0.15) is 0 Å². The fourth-order valence-electron chi connectivity index (χ4n) is 6.93. The van der Waals surface area contributed by atoms with Gasteiger partial charge in [-0.15, -0.1) is 0 Å². The number of rotatable bonds is 1. The van der Waals surface area contributed by atoms with E-state index in [0.29, 0.717) is 0 Å². The minimum absolute atomic E-state index is 0.769. The van der Waals surface area contributed by atoms with Gasteiger partial charge >= 0.3 is 0 Å². The minimum atomic E-state index is 0.769. The SMILES string of the molecule is Nc1c2ccccc2c(N)c2cc(-c3cc4cc5cc6ccccc6cc5cc4c4cc5ccccc5cc34)ccc12. The van der Waals surface area contributed by atoms with Crippen molar-refractivity contribution in [3.8, 4) is 11.1 Å². The quantitative estimate of drug-likeness (QED) is 0.0952. The lowest BCUT2D eigenvalue weighted by Gasteiger charge is -2.16. The van der Waals surface area contributed by atoms with E-state index in [1.165, 1.54) is 59.4 Å². The van der Waals surface area contributed by atoms with Gasteiger partial charge in [0.15, 0.2) is 0 Å². The van der Waals surface area contributed by atoms with Crippen molar-refractivity contribution in [1.29, 1.82) is 0 Å². The van der Waals surface area contributed by atoms with Crippen LogP contribution in [-0.4, -0.2) is 0 Å². The molecule has 2 heteroatoms. The van der Waals surface area contributed by atoms with E-state index in [2.05, 4.69) is 115 Å². The number of hydrogen-bond donors (Lipinski definition) is 2. The molecular formula is C40H26N2. The van der Waals surface area contributed by atoms with E-state index < -0.39 is 0 Å². The zero-order valence-corrected chi connectivity index (χ0v) is 22.9. The highest BCUT2D eigenvalue weighted by Gasteiger charge is 2.15. The normalized spacial score (nSPS) is 12.0. The van der Waals surface area contributed by atoms with Gasteiger partial charge in [0.05, 0.1) is 0 Å². The number of anilines is 2.